The van der Waals surface area contributed by atoms with Gasteiger partial charge in [0.15, 0.2) is 0 Å². The molecule has 0 atom stereocenters. The molecule has 5 nitrogen and oxygen atoms in total. The van der Waals surface area contributed by atoms with Gasteiger partial charge < -0.3 is 0 Å². The number of H-pyrrole nitrogens is 1. The van der Waals surface area contributed by atoms with Crippen molar-refractivity contribution in [3.05, 3.63) is 44.2 Å². The first-order valence-electron chi connectivity index (χ1n) is 6.12. The van der Waals surface area contributed by atoms with Gasteiger partial charge in [0, 0.05) is 12.7 Å². The Morgan fingerprint density at radius 2 is 2.22 bits per heavy atom. The predicted octanol–water partition coefficient (Wildman–Crippen LogP) is 1.30. The third-order valence-electron chi connectivity index (χ3n) is 3.19. The molecule has 0 aliphatic heterocycles. The Labute approximate surface area is 104 Å². The number of aromatic nitrogens is 2. The molecule has 94 valence electrons. The van der Waals surface area contributed by atoms with E-state index in [0.717, 1.165) is 19.3 Å². The lowest BCUT2D eigenvalue weighted by molar-refractivity contribution is 0.601. The molecule has 0 amide bonds. The van der Waals surface area contributed by atoms with Crippen molar-refractivity contribution < 1.29 is 0 Å². The molecule has 2 rings (SSSR count). The Morgan fingerprint density at radius 1 is 1.39 bits per heavy atom. The molecule has 0 saturated heterocycles. The number of hydrogen-bond acceptors (Lipinski definition) is 3. The van der Waals surface area contributed by atoms with E-state index in [1.807, 2.05) is 0 Å². The van der Waals surface area contributed by atoms with Crippen molar-refractivity contribution in [2.45, 2.75) is 38.6 Å². The second-order valence-corrected chi connectivity index (χ2v) is 4.47. The Hall–Kier alpha value is -2.09. The van der Waals surface area contributed by atoms with Crippen LogP contribution in [0.2, 0.25) is 0 Å². The summed E-state index contributed by atoms with van der Waals surface area (Å²) < 4.78 is 1.40. The second-order valence-electron chi connectivity index (χ2n) is 4.47. The summed E-state index contributed by atoms with van der Waals surface area (Å²) in [7, 11) is 0. The van der Waals surface area contributed by atoms with Crippen LogP contribution in [0.4, 0.5) is 0 Å². The van der Waals surface area contributed by atoms with Crippen LogP contribution in [-0.4, -0.2) is 9.55 Å². The van der Waals surface area contributed by atoms with E-state index in [-0.39, 0.29) is 5.56 Å². The molecule has 1 aromatic heterocycles. The smallest absolute Gasteiger partial charge is 0.299 e. The molecule has 0 radical (unpaired) electrons. The molecule has 0 unspecified atom stereocenters. The zero-order valence-electron chi connectivity index (χ0n) is 10.1. The Balaban J connectivity index is 2.14. The van der Waals surface area contributed by atoms with Crippen LogP contribution in [0.25, 0.3) is 0 Å². The van der Waals surface area contributed by atoms with Crippen LogP contribution in [0, 0.1) is 11.3 Å². The van der Waals surface area contributed by atoms with Gasteiger partial charge >= 0.3 is 5.69 Å². The van der Waals surface area contributed by atoms with Gasteiger partial charge in [0.2, 0.25) is 0 Å². The van der Waals surface area contributed by atoms with Crippen molar-refractivity contribution in [3.8, 4) is 6.07 Å². The van der Waals surface area contributed by atoms with Crippen LogP contribution in [0.3, 0.4) is 0 Å². The van der Waals surface area contributed by atoms with Crippen molar-refractivity contribution in [3.63, 3.8) is 0 Å². The van der Waals surface area contributed by atoms with Gasteiger partial charge in [0.25, 0.3) is 5.56 Å². The summed E-state index contributed by atoms with van der Waals surface area (Å²) in [6.07, 6.45) is 9.01. The molecule has 1 heterocycles. The Kier molecular flexibility index (Phi) is 3.78. The summed E-state index contributed by atoms with van der Waals surface area (Å²) in [6.45, 7) is 0.510. The largest absolute Gasteiger partial charge is 0.328 e. The topological polar surface area (TPSA) is 78.7 Å². The summed E-state index contributed by atoms with van der Waals surface area (Å²) in [5, 5.41) is 8.75. The number of rotatable bonds is 3. The van der Waals surface area contributed by atoms with Crippen molar-refractivity contribution in [1.82, 2.24) is 9.55 Å². The van der Waals surface area contributed by atoms with Crippen molar-refractivity contribution in [2.75, 3.05) is 0 Å². The van der Waals surface area contributed by atoms with E-state index < -0.39 is 11.2 Å². The highest BCUT2D eigenvalue weighted by molar-refractivity contribution is 5.21. The van der Waals surface area contributed by atoms with E-state index in [9.17, 15) is 9.59 Å². The van der Waals surface area contributed by atoms with Gasteiger partial charge in [-0.2, -0.15) is 5.26 Å². The molecule has 5 heteroatoms. The summed E-state index contributed by atoms with van der Waals surface area (Å²) >= 11 is 0. The van der Waals surface area contributed by atoms with Gasteiger partial charge in [-0.3, -0.25) is 14.3 Å². The first-order chi connectivity index (χ1) is 8.70. The van der Waals surface area contributed by atoms with E-state index >= 15 is 0 Å². The van der Waals surface area contributed by atoms with Gasteiger partial charge in [-0.1, -0.05) is 11.6 Å². The van der Waals surface area contributed by atoms with Gasteiger partial charge in [-0.25, -0.2) is 4.79 Å². The monoisotopic (exact) mass is 245 g/mol. The fourth-order valence-electron chi connectivity index (χ4n) is 2.15. The van der Waals surface area contributed by atoms with Crippen LogP contribution in [0.15, 0.2) is 27.4 Å². The van der Waals surface area contributed by atoms with Crippen molar-refractivity contribution >= 4 is 0 Å². The number of aryl methyl sites for hydroxylation is 1. The van der Waals surface area contributed by atoms with Gasteiger partial charge in [-0.15, -0.1) is 0 Å². The number of nitrogens with one attached hydrogen (secondary N) is 1. The molecule has 1 aromatic rings. The maximum atomic E-state index is 11.6. The summed E-state index contributed by atoms with van der Waals surface area (Å²) in [6, 6.07) is 1.78. The van der Waals surface area contributed by atoms with Gasteiger partial charge in [0.1, 0.15) is 11.6 Å². The molecule has 1 aliphatic carbocycles. The summed E-state index contributed by atoms with van der Waals surface area (Å²) in [5.41, 5.74) is 0.274. The highest BCUT2D eigenvalue weighted by atomic mass is 16.2. The minimum Gasteiger partial charge on any atom is -0.299 e. The fourth-order valence-corrected chi connectivity index (χ4v) is 2.15. The highest BCUT2D eigenvalue weighted by Crippen LogP contribution is 2.20. The number of hydrogen-bond donors (Lipinski definition) is 1. The minimum atomic E-state index is -0.615. The number of nitriles is 1. The minimum absolute atomic E-state index is 0.0211. The van der Waals surface area contributed by atoms with Crippen molar-refractivity contribution in [2.24, 2.45) is 0 Å². The summed E-state index contributed by atoms with van der Waals surface area (Å²) in [4.78, 5) is 24.9. The zero-order chi connectivity index (χ0) is 13.0. The van der Waals surface area contributed by atoms with Crippen LogP contribution in [-0.2, 0) is 6.54 Å². The average molecular weight is 245 g/mol. The Morgan fingerprint density at radius 3 is 2.89 bits per heavy atom. The van der Waals surface area contributed by atoms with E-state index in [2.05, 4.69) is 11.1 Å². The van der Waals surface area contributed by atoms with Crippen LogP contribution in [0.1, 0.15) is 37.7 Å². The molecular formula is C13H15N3O2. The lowest BCUT2D eigenvalue weighted by Gasteiger charge is -2.13. The standard InChI is InChI=1S/C13H15N3O2/c14-8-11-9-16(13(18)15-12(11)17)7-6-10-4-2-1-3-5-10/h4,9H,1-3,5-7H2,(H,15,17,18). The normalized spacial score (nSPS) is 14.9. The Bertz CT molecular complexity index is 616. The average Bonchev–Trinajstić information content (AvgIpc) is 2.39. The molecule has 0 saturated carbocycles. The molecule has 0 spiro atoms. The SMILES string of the molecule is N#Cc1cn(CCC2=CCCCC2)c(=O)[nH]c1=O. The maximum absolute atomic E-state index is 11.6. The molecule has 0 aromatic carbocycles. The van der Waals surface area contributed by atoms with E-state index in [0.29, 0.717) is 6.54 Å². The zero-order valence-corrected chi connectivity index (χ0v) is 10.1. The third-order valence-corrected chi connectivity index (χ3v) is 3.19. The van der Waals surface area contributed by atoms with Crippen LogP contribution in [0.5, 0.6) is 0 Å². The second kappa shape index (κ2) is 5.50. The van der Waals surface area contributed by atoms with Crippen LogP contribution >= 0.6 is 0 Å². The highest BCUT2D eigenvalue weighted by Gasteiger charge is 2.06. The molecule has 18 heavy (non-hydrogen) atoms. The quantitative estimate of drug-likeness (QED) is 0.815. The molecule has 1 aliphatic rings. The molecule has 0 bridgehead atoms. The summed E-state index contributed by atoms with van der Waals surface area (Å²) in [5.74, 6) is 0. The third kappa shape index (κ3) is 2.77. The number of allylic oxidation sites excluding steroid dienone is 2. The van der Waals surface area contributed by atoms with E-state index in [1.165, 1.54) is 29.2 Å². The first-order valence-corrected chi connectivity index (χ1v) is 6.12. The molecule has 0 fully saturated rings. The maximum Gasteiger partial charge on any atom is 0.328 e. The van der Waals surface area contributed by atoms with E-state index in [4.69, 9.17) is 5.26 Å². The number of nitrogens with zero attached hydrogens (tertiary/aromatic N) is 2. The van der Waals surface area contributed by atoms with Crippen LogP contribution < -0.4 is 11.2 Å². The lowest BCUT2D eigenvalue weighted by atomic mass is 9.97. The molecular weight excluding hydrogens is 230 g/mol. The first kappa shape index (κ1) is 12.4. The van der Waals surface area contributed by atoms with Gasteiger partial charge in [-0.05, 0) is 32.1 Å². The van der Waals surface area contributed by atoms with Gasteiger partial charge in [0.05, 0.1) is 0 Å². The predicted molar refractivity (Wildman–Crippen MR) is 67.2 cm³/mol. The lowest BCUT2D eigenvalue weighted by Crippen LogP contribution is -2.31. The number of aromatic amines is 1. The fraction of sp³-hybridized carbons (Fsp3) is 0.462. The van der Waals surface area contributed by atoms with E-state index in [1.54, 1.807) is 6.07 Å². The van der Waals surface area contributed by atoms with Crippen molar-refractivity contribution in [1.29, 1.82) is 5.26 Å². The molecule has 1 N–H and O–H groups in total.